The molecular weight excluding hydrogens is 404 g/mol. The van der Waals surface area contributed by atoms with E-state index in [0.717, 1.165) is 27.7 Å². The number of benzene rings is 2. The lowest BCUT2D eigenvalue weighted by atomic mass is 9.99. The number of rotatable bonds is 5. The van der Waals surface area contributed by atoms with E-state index < -0.39 is 5.97 Å². The number of pyridine rings is 1. The van der Waals surface area contributed by atoms with E-state index in [1.165, 1.54) is 7.11 Å². The first-order valence-corrected chi connectivity index (χ1v) is 10.3. The van der Waals surface area contributed by atoms with Crippen LogP contribution < -0.4 is 5.32 Å². The smallest absolute Gasteiger partial charge is 0.337 e. The monoisotopic (exact) mass is 428 g/mol. The first kappa shape index (κ1) is 21.2. The van der Waals surface area contributed by atoms with E-state index in [1.807, 2.05) is 50.5 Å². The lowest BCUT2D eigenvalue weighted by Crippen LogP contribution is -2.27. The Bertz CT molecular complexity index is 1330. The normalized spacial score (nSPS) is 11.9. The number of amides is 1. The van der Waals surface area contributed by atoms with E-state index >= 15 is 0 Å². The van der Waals surface area contributed by atoms with Crippen LogP contribution in [0, 0.1) is 6.92 Å². The second-order valence-electron chi connectivity index (χ2n) is 7.73. The Hall–Kier alpha value is -4.00. The Morgan fingerprint density at radius 1 is 1.12 bits per heavy atom. The molecule has 0 saturated carbocycles. The van der Waals surface area contributed by atoms with Gasteiger partial charge in [0.1, 0.15) is 0 Å². The Morgan fingerprint density at radius 2 is 1.91 bits per heavy atom. The van der Waals surface area contributed by atoms with E-state index in [9.17, 15) is 9.59 Å². The molecule has 1 amide bonds. The highest BCUT2D eigenvalue weighted by molar-refractivity contribution is 5.98. The van der Waals surface area contributed by atoms with Crippen LogP contribution in [0.2, 0.25) is 0 Å². The van der Waals surface area contributed by atoms with Crippen LogP contribution in [0.25, 0.3) is 22.2 Å². The molecule has 2 aromatic heterocycles. The first-order chi connectivity index (χ1) is 15.4. The van der Waals surface area contributed by atoms with Gasteiger partial charge in [-0.15, -0.1) is 0 Å². The number of ether oxygens (including phenoxy) is 1. The Kier molecular flexibility index (Phi) is 5.73. The van der Waals surface area contributed by atoms with Crippen molar-refractivity contribution in [3.8, 4) is 11.3 Å². The summed E-state index contributed by atoms with van der Waals surface area (Å²) in [7, 11) is 3.20. The zero-order valence-electron chi connectivity index (χ0n) is 18.4. The van der Waals surface area contributed by atoms with Gasteiger partial charge in [0, 0.05) is 29.8 Å². The van der Waals surface area contributed by atoms with Crippen LogP contribution in [0.15, 0.2) is 60.9 Å². The highest BCUT2D eigenvalue weighted by Crippen LogP contribution is 2.29. The zero-order chi connectivity index (χ0) is 22.8. The topological polar surface area (TPSA) is 86.1 Å². The lowest BCUT2D eigenvalue weighted by molar-refractivity contribution is 0.0600. The van der Waals surface area contributed by atoms with Crippen LogP contribution in [0.3, 0.4) is 0 Å². The van der Waals surface area contributed by atoms with Gasteiger partial charge in [-0.05, 0) is 55.3 Å². The fraction of sp³-hybridized carbons (Fsp3) is 0.200. The molecule has 0 saturated heterocycles. The SMILES string of the molecule is COC(=O)c1ccc(C(=O)N[C@H](C)c2cc(-c3cnn(C)c3)nc3ccccc23)c(C)c1. The predicted molar refractivity (Wildman–Crippen MR) is 122 cm³/mol. The molecule has 0 aliphatic carbocycles. The van der Waals surface area contributed by atoms with Crippen LogP contribution in [0.1, 0.15) is 44.8 Å². The van der Waals surface area contributed by atoms with Gasteiger partial charge in [-0.25, -0.2) is 9.78 Å². The third-order valence-corrected chi connectivity index (χ3v) is 5.46. The lowest BCUT2D eigenvalue weighted by Gasteiger charge is -2.18. The number of para-hydroxylation sites is 1. The van der Waals surface area contributed by atoms with Gasteiger partial charge in [0.15, 0.2) is 0 Å². The van der Waals surface area contributed by atoms with Gasteiger partial charge >= 0.3 is 5.97 Å². The van der Waals surface area contributed by atoms with Gasteiger partial charge in [-0.3, -0.25) is 9.48 Å². The van der Waals surface area contributed by atoms with Gasteiger partial charge < -0.3 is 10.1 Å². The number of hydrogen-bond donors (Lipinski definition) is 1. The number of hydrogen-bond acceptors (Lipinski definition) is 5. The molecule has 7 nitrogen and oxygen atoms in total. The van der Waals surface area contributed by atoms with Crippen molar-refractivity contribution in [3.05, 3.63) is 83.2 Å². The molecule has 7 heteroatoms. The van der Waals surface area contributed by atoms with Crippen molar-refractivity contribution in [1.29, 1.82) is 0 Å². The molecule has 2 aromatic carbocycles. The van der Waals surface area contributed by atoms with Crippen molar-refractivity contribution in [2.24, 2.45) is 7.05 Å². The number of aryl methyl sites for hydroxylation is 2. The fourth-order valence-corrected chi connectivity index (χ4v) is 3.78. The molecule has 162 valence electrons. The summed E-state index contributed by atoms with van der Waals surface area (Å²) in [6.45, 7) is 3.75. The maximum Gasteiger partial charge on any atom is 0.337 e. The summed E-state index contributed by atoms with van der Waals surface area (Å²) in [5.41, 5.74) is 5.15. The van der Waals surface area contributed by atoms with E-state index in [-0.39, 0.29) is 11.9 Å². The minimum absolute atomic E-state index is 0.213. The molecule has 0 fully saturated rings. The minimum Gasteiger partial charge on any atom is -0.465 e. The van der Waals surface area contributed by atoms with Crippen molar-refractivity contribution in [1.82, 2.24) is 20.1 Å². The minimum atomic E-state index is -0.431. The molecular formula is C25H24N4O3. The summed E-state index contributed by atoms with van der Waals surface area (Å²) >= 11 is 0. The van der Waals surface area contributed by atoms with Crippen molar-refractivity contribution in [2.75, 3.05) is 7.11 Å². The third-order valence-electron chi connectivity index (χ3n) is 5.46. The standard InChI is InChI=1S/C25H24N4O3/c1-15-11-17(25(31)32-4)9-10-19(15)24(30)27-16(2)21-12-23(18-13-26-29(3)14-18)28-22-8-6-5-7-20(21)22/h5-14,16H,1-4H3,(H,27,30)/t16-/m1/s1. The van der Waals surface area contributed by atoms with Crippen LogP contribution in [-0.4, -0.2) is 33.8 Å². The summed E-state index contributed by atoms with van der Waals surface area (Å²) in [6, 6.07) is 14.5. The average molecular weight is 428 g/mol. The van der Waals surface area contributed by atoms with E-state index in [4.69, 9.17) is 9.72 Å². The molecule has 0 spiro atoms. The summed E-state index contributed by atoms with van der Waals surface area (Å²) in [5.74, 6) is -0.644. The average Bonchev–Trinajstić information content (AvgIpc) is 3.23. The molecule has 0 bridgehead atoms. The van der Waals surface area contributed by atoms with Crippen molar-refractivity contribution in [3.63, 3.8) is 0 Å². The predicted octanol–water partition coefficient (Wildman–Crippen LogP) is 4.22. The summed E-state index contributed by atoms with van der Waals surface area (Å²) in [4.78, 5) is 29.6. The number of aromatic nitrogens is 3. The summed E-state index contributed by atoms with van der Waals surface area (Å²) in [5, 5.41) is 8.31. The van der Waals surface area contributed by atoms with Gasteiger partial charge in [-0.1, -0.05) is 18.2 Å². The van der Waals surface area contributed by atoms with Gasteiger partial charge in [0.25, 0.3) is 5.91 Å². The van der Waals surface area contributed by atoms with Crippen molar-refractivity contribution in [2.45, 2.75) is 19.9 Å². The van der Waals surface area contributed by atoms with Gasteiger partial charge in [0.05, 0.1) is 36.1 Å². The zero-order valence-corrected chi connectivity index (χ0v) is 18.4. The number of methoxy groups -OCH3 is 1. The Morgan fingerprint density at radius 3 is 2.59 bits per heavy atom. The number of carbonyl (C=O) groups is 2. The second kappa shape index (κ2) is 8.63. The number of nitrogens with zero attached hydrogens (tertiary/aromatic N) is 3. The molecule has 4 aromatic rings. The molecule has 1 N–H and O–H groups in total. The molecule has 1 atom stereocenters. The molecule has 0 radical (unpaired) electrons. The summed E-state index contributed by atoms with van der Waals surface area (Å²) < 4.78 is 6.49. The maximum atomic E-state index is 13.0. The Labute approximate surface area is 186 Å². The van der Waals surface area contributed by atoms with Crippen molar-refractivity contribution >= 4 is 22.8 Å². The molecule has 2 heterocycles. The molecule has 4 rings (SSSR count). The molecule has 0 unspecified atom stereocenters. The van der Waals surface area contributed by atoms with Crippen LogP contribution in [0.4, 0.5) is 0 Å². The number of nitrogens with one attached hydrogen (secondary N) is 1. The van der Waals surface area contributed by atoms with Crippen LogP contribution in [0.5, 0.6) is 0 Å². The quantitative estimate of drug-likeness (QED) is 0.481. The number of carbonyl (C=O) groups excluding carboxylic acids is 2. The molecule has 0 aliphatic heterocycles. The van der Waals surface area contributed by atoms with E-state index in [0.29, 0.717) is 16.7 Å². The third kappa shape index (κ3) is 4.09. The number of esters is 1. The highest BCUT2D eigenvalue weighted by atomic mass is 16.5. The van der Waals surface area contributed by atoms with E-state index in [2.05, 4.69) is 10.4 Å². The van der Waals surface area contributed by atoms with Crippen molar-refractivity contribution < 1.29 is 14.3 Å². The van der Waals surface area contributed by atoms with Crippen LogP contribution >= 0.6 is 0 Å². The maximum absolute atomic E-state index is 13.0. The Balaban J connectivity index is 1.67. The first-order valence-electron chi connectivity index (χ1n) is 10.3. The summed E-state index contributed by atoms with van der Waals surface area (Å²) in [6.07, 6.45) is 3.69. The van der Waals surface area contributed by atoms with Gasteiger partial charge in [0.2, 0.25) is 0 Å². The van der Waals surface area contributed by atoms with E-state index in [1.54, 1.807) is 36.0 Å². The number of fused-ring (bicyclic) bond motifs is 1. The molecule has 32 heavy (non-hydrogen) atoms. The largest absolute Gasteiger partial charge is 0.465 e. The fourth-order valence-electron chi connectivity index (χ4n) is 3.78. The van der Waals surface area contributed by atoms with Crippen LogP contribution in [-0.2, 0) is 11.8 Å². The van der Waals surface area contributed by atoms with Gasteiger partial charge in [-0.2, -0.15) is 5.10 Å². The highest BCUT2D eigenvalue weighted by Gasteiger charge is 2.18. The second-order valence-corrected chi connectivity index (χ2v) is 7.73. The molecule has 0 aliphatic rings.